The molecular weight excluding hydrogens is 360 g/mol. The number of rotatable bonds is 7. The molecule has 0 unspecified atom stereocenters. The molecule has 8 heteroatoms. The summed E-state index contributed by atoms with van der Waals surface area (Å²) >= 11 is 5.79. The van der Waals surface area contributed by atoms with Gasteiger partial charge in [-0.25, -0.2) is 0 Å². The van der Waals surface area contributed by atoms with Gasteiger partial charge in [0.05, 0.1) is 27.9 Å². The predicted octanol–water partition coefficient (Wildman–Crippen LogP) is 2.73. The van der Waals surface area contributed by atoms with E-state index in [-0.39, 0.29) is 18.0 Å². The summed E-state index contributed by atoms with van der Waals surface area (Å²) in [5, 5.41) is 5.77. The van der Waals surface area contributed by atoms with Crippen molar-refractivity contribution < 1.29 is 23.8 Å². The Morgan fingerprint density at radius 3 is 2.04 bits per heavy atom. The molecule has 0 aliphatic rings. The lowest BCUT2D eigenvalue weighted by atomic mass is 10.1. The quantitative estimate of drug-likeness (QED) is 0.773. The van der Waals surface area contributed by atoms with E-state index in [9.17, 15) is 9.59 Å². The highest BCUT2D eigenvalue weighted by atomic mass is 35.5. The van der Waals surface area contributed by atoms with E-state index in [1.54, 1.807) is 24.3 Å². The van der Waals surface area contributed by atoms with Crippen LogP contribution in [0.15, 0.2) is 36.4 Å². The van der Waals surface area contributed by atoms with E-state index in [2.05, 4.69) is 10.6 Å². The van der Waals surface area contributed by atoms with E-state index in [0.717, 1.165) is 0 Å². The highest BCUT2D eigenvalue weighted by Crippen LogP contribution is 2.38. The number of halogens is 1. The molecule has 0 fully saturated rings. The Balaban J connectivity index is 2.03. The Bertz CT molecular complexity index is 768. The number of benzene rings is 2. The third-order valence-electron chi connectivity index (χ3n) is 3.46. The second-order valence-corrected chi connectivity index (χ2v) is 5.59. The zero-order valence-corrected chi connectivity index (χ0v) is 15.3. The second kappa shape index (κ2) is 8.96. The average Bonchev–Trinajstić information content (AvgIpc) is 2.66. The topological polar surface area (TPSA) is 85.9 Å². The first kappa shape index (κ1) is 19.4. The van der Waals surface area contributed by atoms with Gasteiger partial charge in [0.2, 0.25) is 11.7 Å². The summed E-state index contributed by atoms with van der Waals surface area (Å²) < 4.78 is 15.6. The van der Waals surface area contributed by atoms with Crippen LogP contribution < -0.4 is 24.8 Å². The highest BCUT2D eigenvalue weighted by molar-refractivity contribution is 6.30. The third kappa shape index (κ3) is 4.80. The van der Waals surface area contributed by atoms with Crippen LogP contribution in [0.25, 0.3) is 0 Å². The summed E-state index contributed by atoms with van der Waals surface area (Å²) in [5.41, 5.74) is 0.861. The van der Waals surface area contributed by atoms with Crippen LogP contribution in [0.3, 0.4) is 0 Å². The van der Waals surface area contributed by atoms with Crippen molar-refractivity contribution in [1.29, 1.82) is 0 Å². The fourth-order valence-electron chi connectivity index (χ4n) is 2.21. The Labute approximate surface area is 156 Å². The molecule has 0 bridgehead atoms. The highest BCUT2D eigenvalue weighted by Gasteiger charge is 2.17. The number of anilines is 1. The molecule has 2 rings (SSSR count). The summed E-state index contributed by atoms with van der Waals surface area (Å²) in [5.74, 6) is 0.265. The molecule has 0 saturated heterocycles. The molecule has 2 aromatic carbocycles. The van der Waals surface area contributed by atoms with Crippen LogP contribution in [0, 0.1) is 0 Å². The molecule has 26 heavy (non-hydrogen) atoms. The van der Waals surface area contributed by atoms with E-state index in [0.29, 0.717) is 28.0 Å². The SMILES string of the molecule is COc1cc(C(=O)NCC(=O)Nc2ccc(Cl)cc2)cc(OC)c1OC. The molecule has 7 nitrogen and oxygen atoms in total. The first-order valence-corrected chi connectivity index (χ1v) is 8.00. The number of nitrogens with one attached hydrogen (secondary N) is 2. The second-order valence-electron chi connectivity index (χ2n) is 5.15. The molecule has 0 heterocycles. The minimum absolute atomic E-state index is 0.196. The first-order chi connectivity index (χ1) is 12.5. The molecule has 0 aliphatic heterocycles. The van der Waals surface area contributed by atoms with Crippen LogP contribution in [0.4, 0.5) is 5.69 Å². The van der Waals surface area contributed by atoms with Gasteiger partial charge in [0.25, 0.3) is 5.91 Å². The van der Waals surface area contributed by atoms with Gasteiger partial charge in [-0.3, -0.25) is 9.59 Å². The maximum atomic E-state index is 12.3. The number of hydrogen-bond donors (Lipinski definition) is 2. The van der Waals surface area contributed by atoms with Crippen LogP contribution >= 0.6 is 11.6 Å². The van der Waals surface area contributed by atoms with Crippen molar-refractivity contribution in [2.45, 2.75) is 0 Å². The zero-order chi connectivity index (χ0) is 19.1. The van der Waals surface area contributed by atoms with Crippen molar-refractivity contribution in [2.75, 3.05) is 33.2 Å². The zero-order valence-electron chi connectivity index (χ0n) is 14.6. The average molecular weight is 379 g/mol. The molecule has 0 aromatic heterocycles. The van der Waals surface area contributed by atoms with Crippen LogP contribution in [-0.2, 0) is 4.79 Å². The normalized spacial score (nSPS) is 10.0. The van der Waals surface area contributed by atoms with Crippen LogP contribution in [0.1, 0.15) is 10.4 Å². The molecule has 0 spiro atoms. The summed E-state index contributed by atoms with van der Waals surface area (Å²) in [6.45, 7) is -0.196. The molecule has 138 valence electrons. The minimum atomic E-state index is -0.449. The van der Waals surface area contributed by atoms with Crippen LogP contribution in [0.2, 0.25) is 5.02 Å². The van der Waals surface area contributed by atoms with Crippen molar-refractivity contribution in [1.82, 2.24) is 5.32 Å². The Kier molecular flexibility index (Phi) is 6.68. The number of hydrogen-bond acceptors (Lipinski definition) is 5. The van der Waals surface area contributed by atoms with E-state index >= 15 is 0 Å². The lowest BCUT2D eigenvalue weighted by Crippen LogP contribution is -2.32. The van der Waals surface area contributed by atoms with Crippen molar-refractivity contribution >= 4 is 29.1 Å². The van der Waals surface area contributed by atoms with E-state index in [4.69, 9.17) is 25.8 Å². The third-order valence-corrected chi connectivity index (χ3v) is 3.72. The standard InChI is InChI=1S/C18H19ClN2O5/c1-24-14-8-11(9-15(25-2)17(14)26-3)18(23)20-10-16(22)21-13-6-4-12(19)5-7-13/h4-9H,10H2,1-3H3,(H,20,23)(H,21,22). The summed E-state index contributed by atoms with van der Waals surface area (Å²) in [6.07, 6.45) is 0. The molecule has 0 aliphatic carbocycles. The Morgan fingerprint density at radius 1 is 0.962 bits per heavy atom. The fourth-order valence-corrected chi connectivity index (χ4v) is 2.34. The molecular formula is C18H19ClN2O5. The van der Waals surface area contributed by atoms with Crippen molar-refractivity contribution in [3.63, 3.8) is 0 Å². The van der Waals surface area contributed by atoms with Gasteiger partial charge < -0.3 is 24.8 Å². The lowest BCUT2D eigenvalue weighted by molar-refractivity contribution is -0.115. The number of methoxy groups -OCH3 is 3. The van der Waals surface area contributed by atoms with Gasteiger partial charge in [0, 0.05) is 16.3 Å². The van der Waals surface area contributed by atoms with Crippen molar-refractivity contribution in [2.24, 2.45) is 0 Å². The molecule has 0 radical (unpaired) electrons. The van der Waals surface area contributed by atoms with Gasteiger partial charge >= 0.3 is 0 Å². The van der Waals surface area contributed by atoms with E-state index in [1.165, 1.54) is 33.5 Å². The summed E-state index contributed by atoms with van der Waals surface area (Å²) in [6, 6.07) is 9.67. The van der Waals surface area contributed by atoms with Crippen LogP contribution in [0.5, 0.6) is 17.2 Å². The van der Waals surface area contributed by atoms with Crippen molar-refractivity contribution in [3.8, 4) is 17.2 Å². The largest absolute Gasteiger partial charge is 0.493 e. The van der Waals surface area contributed by atoms with Gasteiger partial charge in [-0.05, 0) is 36.4 Å². The molecule has 0 atom stereocenters. The minimum Gasteiger partial charge on any atom is -0.493 e. The van der Waals surface area contributed by atoms with E-state index in [1.807, 2.05) is 0 Å². The number of amides is 2. The number of carbonyl (C=O) groups excluding carboxylic acids is 2. The molecule has 2 aromatic rings. The van der Waals surface area contributed by atoms with Gasteiger partial charge in [0.15, 0.2) is 11.5 Å². The molecule has 2 N–H and O–H groups in total. The predicted molar refractivity (Wildman–Crippen MR) is 98.5 cm³/mol. The summed E-state index contributed by atoms with van der Waals surface area (Å²) in [7, 11) is 4.39. The molecule has 0 saturated carbocycles. The lowest BCUT2D eigenvalue weighted by Gasteiger charge is -2.14. The van der Waals surface area contributed by atoms with Crippen molar-refractivity contribution in [3.05, 3.63) is 47.0 Å². The maximum Gasteiger partial charge on any atom is 0.251 e. The number of carbonyl (C=O) groups is 2. The Hall–Kier alpha value is -2.93. The monoisotopic (exact) mass is 378 g/mol. The maximum absolute atomic E-state index is 12.3. The smallest absolute Gasteiger partial charge is 0.251 e. The van der Waals surface area contributed by atoms with Crippen LogP contribution in [-0.4, -0.2) is 39.7 Å². The fraction of sp³-hybridized carbons (Fsp3) is 0.222. The van der Waals surface area contributed by atoms with Gasteiger partial charge in [-0.2, -0.15) is 0 Å². The van der Waals surface area contributed by atoms with Gasteiger partial charge in [-0.1, -0.05) is 11.6 Å². The van der Waals surface area contributed by atoms with Gasteiger partial charge in [0.1, 0.15) is 0 Å². The first-order valence-electron chi connectivity index (χ1n) is 7.62. The van der Waals surface area contributed by atoms with Gasteiger partial charge in [-0.15, -0.1) is 0 Å². The molecule has 2 amide bonds. The summed E-state index contributed by atoms with van der Waals surface area (Å²) in [4.78, 5) is 24.3. The van der Waals surface area contributed by atoms with E-state index < -0.39 is 5.91 Å². The number of ether oxygens (including phenoxy) is 3. The Morgan fingerprint density at radius 2 is 1.54 bits per heavy atom.